The van der Waals surface area contributed by atoms with Gasteiger partial charge < -0.3 is 4.90 Å². The van der Waals surface area contributed by atoms with Crippen LogP contribution in [0.1, 0.15) is 27.2 Å². The van der Waals surface area contributed by atoms with Crippen LogP contribution < -0.4 is 4.90 Å². The van der Waals surface area contributed by atoms with Crippen LogP contribution in [-0.4, -0.2) is 43.0 Å². The lowest BCUT2D eigenvalue weighted by atomic mass is 10.1. The van der Waals surface area contributed by atoms with Crippen molar-refractivity contribution in [3.63, 3.8) is 0 Å². The van der Waals surface area contributed by atoms with E-state index >= 15 is 0 Å². The number of hydrogen-bond donors (Lipinski definition) is 0. The van der Waals surface area contributed by atoms with Crippen LogP contribution in [0.4, 0.5) is 5.13 Å². The van der Waals surface area contributed by atoms with Crippen LogP contribution in [0, 0.1) is 13.8 Å². The van der Waals surface area contributed by atoms with E-state index in [2.05, 4.69) is 45.0 Å². The monoisotopic (exact) mass is 373 g/mol. The molecule has 0 N–H and O–H groups in total. The molecule has 1 amide bonds. The summed E-state index contributed by atoms with van der Waals surface area (Å²) in [5.74, 6) is 0.0437. The molecule has 0 aliphatic rings. The number of hydrogen-bond acceptors (Lipinski definition) is 5. The fraction of sp³-hybridized carbons (Fsp3) is 0.368. The molecule has 3 rings (SSSR count). The standard InChI is InChI=1S/C19H23N3OS2/c1-13-11-14(2)17-15(12-13)20-19(25-17)22(9-6-8-21(3)4)18(23)16-7-5-10-24-16/h5,7,10-12H,6,8-9H2,1-4H3. The number of carbonyl (C=O) groups excluding carboxylic acids is 1. The van der Waals surface area contributed by atoms with Gasteiger partial charge in [0.15, 0.2) is 5.13 Å². The Bertz CT molecular complexity index is 868. The predicted molar refractivity (Wildman–Crippen MR) is 108 cm³/mol. The first-order chi connectivity index (χ1) is 12.0. The topological polar surface area (TPSA) is 36.4 Å². The molecule has 0 saturated heterocycles. The van der Waals surface area contributed by atoms with Gasteiger partial charge in [-0.15, -0.1) is 11.3 Å². The highest BCUT2D eigenvalue weighted by atomic mass is 32.1. The molecule has 0 aliphatic carbocycles. The summed E-state index contributed by atoms with van der Waals surface area (Å²) in [6.45, 7) is 5.80. The minimum Gasteiger partial charge on any atom is -0.309 e. The maximum absolute atomic E-state index is 13.0. The number of benzene rings is 1. The Kier molecular flexibility index (Phi) is 5.51. The third-order valence-electron chi connectivity index (χ3n) is 4.00. The maximum Gasteiger partial charge on any atom is 0.270 e. The van der Waals surface area contributed by atoms with Gasteiger partial charge in [-0.25, -0.2) is 4.98 Å². The van der Waals surface area contributed by atoms with Gasteiger partial charge in [0.1, 0.15) is 0 Å². The highest BCUT2D eigenvalue weighted by molar-refractivity contribution is 7.22. The lowest BCUT2D eigenvalue weighted by Gasteiger charge is -2.20. The van der Waals surface area contributed by atoms with Crippen molar-refractivity contribution in [2.45, 2.75) is 20.3 Å². The second kappa shape index (κ2) is 7.64. The minimum atomic E-state index is 0.0437. The van der Waals surface area contributed by atoms with Crippen LogP contribution >= 0.6 is 22.7 Å². The van der Waals surface area contributed by atoms with Crippen molar-refractivity contribution in [3.8, 4) is 0 Å². The number of aromatic nitrogens is 1. The zero-order chi connectivity index (χ0) is 18.0. The summed E-state index contributed by atoms with van der Waals surface area (Å²) in [7, 11) is 4.10. The molecule has 2 heterocycles. The van der Waals surface area contributed by atoms with Gasteiger partial charge in [0.2, 0.25) is 0 Å². The summed E-state index contributed by atoms with van der Waals surface area (Å²) in [6.07, 6.45) is 0.915. The number of anilines is 1. The molecule has 0 aliphatic heterocycles. The van der Waals surface area contributed by atoms with Gasteiger partial charge in [-0.2, -0.15) is 0 Å². The van der Waals surface area contributed by atoms with Crippen LogP contribution in [0.5, 0.6) is 0 Å². The highest BCUT2D eigenvalue weighted by Gasteiger charge is 2.22. The quantitative estimate of drug-likeness (QED) is 0.635. The molecule has 0 unspecified atom stereocenters. The molecule has 4 nitrogen and oxygen atoms in total. The third-order valence-corrected chi connectivity index (χ3v) is 6.09. The Morgan fingerprint density at radius 3 is 2.68 bits per heavy atom. The van der Waals surface area contributed by atoms with E-state index < -0.39 is 0 Å². The molecule has 0 atom stereocenters. The summed E-state index contributed by atoms with van der Waals surface area (Å²) >= 11 is 3.09. The number of rotatable bonds is 6. The Morgan fingerprint density at radius 2 is 2.00 bits per heavy atom. The Hall–Kier alpha value is -1.76. The van der Waals surface area contributed by atoms with E-state index in [1.165, 1.54) is 22.5 Å². The van der Waals surface area contributed by atoms with E-state index in [-0.39, 0.29) is 5.91 Å². The molecule has 3 aromatic rings. The molecular weight excluding hydrogens is 350 g/mol. The van der Waals surface area contributed by atoms with Crippen LogP contribution in [-0.2, 0) is 0 Å². The van der Waals surface area contributed by atoms with Crippen LogP contribution in [0.15, 0.2) is 29.6 Å². The molecule has 132 valence electrons. The van der Waals surface area contributed by atoms with Gasteiger partial charge in [-0.3, -0.25) is 9.69 Å². The van der Waals surface area contributed by atoms with E-state index in [1.807, 2.05) is 22.4 Å². The number of aryl methyl sites for hydroxylation is 2. The molecule has 0 saturated carbocycles. The molecule has 2 aromatic heterocycles. The molecular formula is C19H23N3OS2. The summed E-state index contributed by atoms with van der Waals surface area (Å²) < 4.78 is 1.16. The van der Waals surface area contributed by atoms with Crippen molar-refractivity contribution in [2.24, 2.45) is 0 Å². The van der Waals surface area contributed by atoms with E-state index in [0.29, 0.717) is 6.54 Å². The lowest BCUT2D eigenvalue weighted by Crippen LogP contribution is -2.32. The first kappa shape index (κ1) is 18.0. The third kappa shape index (κ3) is 4.08. The molecule has 0 spiro atoms. The van der Waals surface area contributed by atoms with Crippen LogP contribution in [0.2, 0.25) is 0 Å². The van der Waals surface area contributed by atoms with Gasteiger partial charge in [0.05, 0.1) is 15.1 Å². The second-order valence-corrected chi connectivity index (χ2v) is 8.44. The molecule has 0 bridgehead atoms. The van der Waals surface area contributed by atoms with Gasteiger partial charge in [0, 0.05) is 6.54 Å². The summed E-state index contributed by atoms with van der Waals surface area (Å²) in [5.41, 5.74) is 3.40. The predicted octanol–water partition coefficient (Wildman–Crippen LogP) is 4.57. The van der Waals surface area contributed by atoms with E-state index in [9.17, 15) is 4.79 Å². The summed E-state index contributed by atoms with van der Waals surface area (Å²) in [6, 6.07) is 8.06. The first-order valence-electron chi connectivity index (χ1n) is 8.33. The zero-order valence-electron chi connectivity index (χ0n) is 15.1. The fourth-order valence-electron chi connectivity index (χ4n) is 2.84. The number of carbonyl (C=O) groups is 1. The van der Waals surface area contributed by atoms with Gasteiger partial charge >= 0.3 is 0 Å². The number of nitrogens with zero attached hydrogens (tertiary/aromatic N) is 3. The van der Waals surface area contributed by atoms with Gasteiger partial charge in [-0.05, 0) is 69.5 Å². The first-order valence-corrected chi connectivity index (χ1v) is 10.0. The smallest absolute Gasteiger partial charge is 0.270 e. The fourth-order valence-corrected chi connectivity index (χ4v) is 4.55. The van der Waals surface area contributed by atoms with Crippen molar-refractivity contribution in [3.05, 3.63) is 45.6 Å². The molecule has 6 heteroatoms. The van der Waals surface area contributed by atoms with E-state index in [0.717, 1.165) is 33.2 Å². The van der Waals surface area contributed by atoms with Crippen LogP contribution in [0.25, 0.3) is 10.2 Å². The lowest BCUT2D eigenvalue weighted by molar-refractivity contribution is 0.0990. The Labute approximate surface area is 156 Å². The average Bonchev–Trinajstić information content (AvgIpc) is 3.20. The summed E-state index contributed by atoms with van der Waals surface area (Å²) in [4.78, 5) is 22.5. The van der Waals surface area contributed by atoms with Crippen molar-refractivity contribution >= 4 is 43.9 Å². The number of amides is 1. The van der Waals surface area contributed by atoms with Crippen molar-refractivity contribution < 1.29 is 4.79 Å². The van der Waals surface area contributed by atoms with Crippen molar-refractivity contribution in [1.82, 2.24) is 9.88 Å². The summed E-state index contributed by atoms with van der Waals surface area (Å²) in [5, 5.41) is 2.73. The van der Waals surface area contributed by atoms with Crippen molar-refractivity contribution in [2.75, 3.05) is 32.1 Å². The number of thiazole rings is 1. The Balaban J connectivity index is 1.95. The number of thiophene rings is 1. The van der Waals surface area contributed by atoms with E-state index in [4.69, 9.17) is 4.98 Å². The van der Waals surface area contributed by atoms with Gasteiger partial charge in [0.25, 0.3) is 5.91 Å². The van der Waals surface area contributed by atoms with Crippen LogP contribution in [0.3, 0.4) is 0 Å². The maximum atomic E-state index is 13.0. The minimum absolute atomic E-state index is 0.0437. The largest absolute Gasteiger partial charge is 0.309 e. The molecule has 0 radical (unpaired) electrons. The van der Waals surface area contributed by atoms with Gasteiger partial charge in [-0.1, -0.05) is 23.5 Å². The zero-order valence-corrected chi connectivity index (χ0v) is 16.7. The number of fused-ring (bicyclic) bond motifs is 1. The van der Waals surface area contributed by atoms with E-state index in [1.54, 1.807) is 11.3 Å². The molecule has 0 fully saturated rings. The normalized spacial score (nSPS) is 11.4. The highest BCUT2D eigenvalue weighted by Crippen LogP contribution is 2.33. The second-order valence-electron chi connectivity index (χ2n) is 6.52. The SMILES string of the molecule is Cc1cc(C)c2sc(N(CCCN(C)C)C(=O)c3cccs3)nc2c1. The molecule has 1 aromatic carbocycles. The van der Waals surface area contributed by atoms with Crippen molar-refractivity contribution in [1.29, 1.82) is 0 Å². The molecule has 25 heavy (non-hydrogen) atoms. The average molecular weight is 374 g/mol. The Morgan fingerprint density at radius 1 is 1.20 bits per heavy atom.